The number of carbonyl (C=O) groups is 2. The molecule has 0 spiro atoms. The molecule has 0 unspecified atom stereocenters. The number of nitrogens with zero attached hydrogens (tertiary/aromatic N) is 1. The van der Waals surface area contributed by atoms with Gasteiger partial charge in [-0.2, -0.15) is 0 Å². The summed E-state index contributed by atoms with van der Waals surface area (Å²) in [5, 5.41) is 21.3. The first kappa shape index (κ1) is 13.9. The van der Waals surface area contributed by atoms with Crippen molar-refractivity contribution in [3.63, 3.8) is 0 Å². The molecule has 3 N–H and O–H groups in total. The van der Waals surface area contributed by atoms with Gasteiger partial charge in [-0.15, -0.1) is 0 Å². The standard InChI is InChI=1S/C14H16N2O4/c1-9-5-7-16(8-6-9)14(20)15-11-4-2-3-10(12(11)17)13(18)19/h2-5,17H,6-8H2,1H3,(H,15,20)(H,18,19). The van der Waals surface area contributed by atoms with E-state index in [0.29, 0.717) is 13.1 Å². The quantitative estimate of drug-likeness (QED) is 0.571. The Bertz CT molecular complexity index is 581. The van der Waals surface area contributed by atoms with Crippen LogP contribution in [-0.2, 0) is 0 Å². The normalized spacial score (nSPS) is 14.7. The maximum Gasteiger partial charge on any atom is 0.339 e. The first-order chi connectivity index (χ1) is 9.49. The minimum Gasteiger partial charge on any atom is -0.505 e. The number of aromatic hydroxyl groups is 1. The van der Waals surface area contributed by atoms with Crippen LogP contribution in [0.5, 0.6) is 5.75 Å². The number of urea groups is 1. The first-order valence-electron chi connectivity index (χ1n) is 6.26. The number of para-hydroxylation sites is 1. The zero-order valence-corrected chi connectivity index (χ0v) is 11.1. The molecule has 1 aromatic carbocycles. The molecule has 106 valence electrons. The minimum absolute atomic E-state index is 0.0983. The van der Waals surface area contributed by atoms with Crippen LogP contribution < -0.4 is 5.32 Å². The Kier molecular flexibility index (Phi) is 3.93. The largest absolute Gasteiger partial charge is 0.505 e. The number of benzene rings is 1. The number of rotatable bonds is 2. The molecule has 6 nitrogen and oxygen atoms in total. The van der Waals surface area contributed by atoms with E-state index in [-0.39, 0.29) is 17.3 Å². The molecule has 1 aliphatic heterocycles. The van der Waals surface area contributed by atoms with Crippen LogP contribution in [0.3, 0.4) is 0 Å². The van der Waals surface area contributed by atoms with Gasteiger partial charge in [0.05, 0.1) is 5.69 Å². The highest BCUT2D eigenvalue weighted by Crippen LogP contribution is 2.27. The van der Waals surface area contributed by atoms with Gasteiger partial charge in [-0.1, -0.05) is 17.7 Å². The number of hydrogen-bond acceptors (Lipinski definition) is 3. The fourth-order valence-electron chi connectivity index (χ4n) is 1.97. The lowest BCUT2D eigenvalue weighted by atomic mass is 10.1. The zero-order chi connectivity index (χ0) is 14.7. The summed E-state index contributed by atoms with van der Waals surface area (Å²) in [5.41, 5.74) is 1.10. The van der Waals surface area contributed by atoms with Gasteiger partial charge in [-0.3, -0.25) is 0 Å². The van der Waals surface area contributed by atoms with Gasteiger partial charge in [-0.05, 0) is 25.5 Å². The van der Waals surface area contributed by atoms with E-state index in [2.05, 4.69) is 5.32 Å². The fourth-order valence-corrected chi connectivity index (χ4v) is 1.97. The van der Waals surface area contributed by atoms with Crippen LogP contribution in [0, 0.1) is 0 Å². The van der Waals surface area contributed by atoms with Crippen molar-refractivity contribution in [2.45, 2.75) is 13.3 Å². The number of carbonyl (C=O) groups excluding carboxylic acids is 1. The van der Waals surface area contributed by atoms with Crippen LogP contribution in [0.15, 0.2) is 29.8 Å². The molecule has 1 aromatic rings. The maximum atomic E-state index is 12.0. The summed E-state index contributed by atoms with van der Waals surface area (Å²) >= 11 is 0. The van der Waals surface area contributed by atoms with E-state index in [9.17, 15) is 14.7 Å². The van der Waals surface area contributed by atoms with Gasteiger partial charge < -0.3 is 20.4 Å². The van der Waals surface area contributed by atoms with E-state index in [1.54, 1.807) is 4.90 Å². The topological polar surface area (TPSA) is 89.9 Å². The Balaban J connectivity index is 2.12. The number of nitrogens with one attached hydrogen (secondary N) is 1. The Morgan fingerprint density at radius 2 is 2.10 bits per heavy atom. The van der Waals surface area contributed by atoms with Crippen molar-refractivity contribution >= 4 is 17.7 Å². The number of aromatic carboxylic acids is 1. The number of carboxylic acid groups (broad SMARTS) is 1. The fraction of sp³-hybridized carbons (Fsp3) is 0.286. The van der Waals surface area contributed by atoms with E-state index < -0.39 is 11.7 Å². The minimum atomic E-state index is -1.24. The second-order valence-electron chi connectivity index (χ2n) is 4.68. The Morgan fingerprint density at radius 3 is 2.70 bits per heavy atom. The Morgan fingerprint density at radius 1 is 1.35 bits per heavy atom. The van der Waals surface area contributed by atoms with Crippen LogP contribution in [0.4, 0.5) is 10.5 Å². The number of hydrogen-bond donors (Lipinski definition) is 3. The summed E-state index contributed by atoms with van der Waals surface area (Å²) in [6, 6.07) is 3.86. The monoisotopic (exact) mass is 276 g/mol. The molecule has 6 heteroatoms. The second-order valence-corrected chi connectivity index (χ2v) is 4.68. The van der Waals surface area contributed by atoms with Crippen molar-refractivity contribution in [2.24, 2.45) is 0 Å². The molecule has 0 aliphatic carbocycles. The summed E-state index contributed by atoms with van der Waals surface area (Å²) in [4.78, 5) is 24.5. The van der Waals surface area contributed by atoms with Crippen LogP contribution in [0.2, 0.25) is 0 Å². The van der Waals surface area contributed by atoms with Gasteiger partial charge in [0.2, 0.25) is 0 Å². The Labute approximate surface area is 116 Å². The van der Waals surface area contributed by atoms with Crippen LogP contribution in [-0.4, -0.2) is 40.2 Å². The van der Waals surface area contributed by atoms with Gasteiger partial charge in [0.25, 0.3) is 0 Å². The number of carboxylic acids is 1. The average molecular weight is 276 g/mol. The molecule has 0 aromatic heterocycles. The van der Waals surface area contributed by atoms with Crippen molar-refractivity contribution < 1.29 is 19.8 Å². The van der Waals surface area contributed by atoms with Crippen molar-refractivity contribution in [2.75, 3.05) is 18.4 Å². The molecule has 0 bridgehead atoms. The van der Waals surface area contributed by atoms with E-state index in [0.717, 1.165) is 6.42 Å². The van der Waals surface area contributed by atoms with E-state index >= 15 is 0 Å². The highest BCUT2D eigenvalue weighted by atomic mass is 16.4. The molecule has 2 amide bonds. The van der Waals surface area contributed by atoms with E-state index in [4.69, 9.17) is 5.11 Å². The molecular formula is C14H16N2O4. The highest BCUT2D eigenvalue weighted by Gasteiger charge is 2.19. The highest BCUT2D eigenvalue weighted by molar-refractivity contribution is 5.97. The zero-order valence-electron chi connectivity index (χ0n) is 11.1. The van der Waals surface area contributed by atoms with Crippen LogP contribution >= 0.6 is 0 Å². The second kappa shape index (κ2) is 5.64. The molecule has 0 saturated heterocycles. The lowest BCUT2D eigenvalue weighted by Gasteiger charge is -2.25. The number of phenols is 1. The molecule has 1 heterocycles. The lowest BCUT2D eigenvalue weighted by molar-refractivity contribution is 0.0693. The maximum absolute atomic E-state index is 12.0. The molecule has 20 heavy (non-hydrogen) atoms. The van der Waals surface area contributed by atoms with Gasteiger partial charge in [0, 0.05) is 13.1 Å². The summed E-state index contributed by atoms with van der Waals surface area (Å²) in [5.74, 6) is -1.67. The SMILES string of the molecule is CC1=CCN(C(=O)Nc2cccc(C(=O)O)c2O)CC1. The molecule has 0 saturated carbocycles. The summed E-state index contributed by atoms with van der Waals surface area (Å²) in [7, 11) is 0. The predicted molar refractivity (Wildman–Crippen MR) is 74.0 cm³/mol. The first-order valence-corrected chi connectivity index (χ1v) is 6.26. The van der Waals surface area contributed by atoms with E-state index in [1.807, 2.05) is 13.0 Å². The van der Waals surface area contributed by atoms with E-state index in [1.165, 1.54) is 23.8 Å². The van der Waals surface area contributed by atoms with Crippen LogP contribution in [0.1, 0.15) is 23.7 Å². The van der Waals surface area contributed by atoms with Crippen molar-refractivity contribution in [3.8, 4) is 5.75 Å². The van der Waals surface area contributed by atoms with Crippen LogP contribution in [0.25, 0.3) is 0 Å². The van der Waals surface area contributed by atoms with Gasteiger partial charge >= 0.3 is 12.0 Å². The number of amides is 2. The smallest absolute Gasteiger partial charge is 0.339 e. The summed E-state index contributed by atoms with van der Waals surface area (Å²) < 4.78 is 0. The van der Waals surface area contributed by atoms with Gasteiger partial charge in [0.15, 0.2) is 5.75 Å². The third-order valence-corrected chi connectivity index (χ3v) is 3.23. The number of anilines is 1. The van der Waals surface area contributed by atoms with Gasteiger partial charge in [-0.25, -0.2) is 9.59 Å². The predicted octanol–water partition coefficient (Wildman–Crippen LogP) is 2.27. The van der Waals surface area contributed by atoms with Crippen molar-refractivity contribution in [3.05, 3.63) is 35.4 Å². The summed E-state index contributed by atoms with van der Waals surface area (Å²) in [6.07, 6.45) is 2.78. The van der Waals surface area contributed by atoms with Crippen molar-refractivity contribution in [1.82, 2.24) is 4.90 Å². The Hall–Kier alpha value is -2.50. The molecule has 2 rings (SSSR count). The third-order valence-electron chi connectivity index (χ3n) is 3.23. The van der Waals surface area contributed by atoms with Gasteiger partial charge in [0.1, 0.15) is 5.56 Å². The lowest BCUT2D eigenvalue weighted by Crippen LogP contribution is -2.37. The molecule has 0 fully saturated rings. The molecule has 0 atom stereocenters. The average Bonchev–Trinajstić information content (AvgIpc) is 2.41. The molecule has 0 radical (unpaired) electrons. The third kappa shape index (κ3) is 2.90. The van der Waals surface area contributed by atoms with Crippen molar-refractivity contribution in [1.29, 1.82) is 0 Å². The molecule has 1 aliphatic rings. The molecular weight excluding hydrogens is 260 g/mol. The summed E-state index contributed by atoms with van der Waals surface area (Å²) in [6.45, 7) is 3.13.